The molecule has 1 aliphatic rings. The summed E-state index contributed by atoms with van der Waals surface area (Å²) in [5.74, 6) is 0.357. The molecule has 0 saturated carbocycles. The maximum Gasteiger partial charge on any atom is 0.135 e. The van der Waals surface area contributed by atoms with Gasteiger partial charge in [0, 0.05) is 17.7 Å². The van der Waals surface area contributed by atoms with Crippen LogP contribution in [-0.2, 0) is 0 Å². The fourth-order valence-electron chi connectivity index (χ4n) is 4.37. The monoisotopic (exact) mass is 454 g/mol. The molecule has 0 unspecified atom stereocenters. The molecule has 0 amide bonds. The van der Waals surface area contributed by atoms with Crippen LogP contribution < -0.4 is 4.74 Å². The Morgan fingerprint density at radius 3 is 1.76 bits per heavy atom. The lowest BCUT2D eigenvalue weighted by atomic mass is 9.84. The summed E-state index contributed by atoms with van der Waals surface area (Å²) in [6.45, 7) is 0. The van der Waals surface area contributed by atoms with Gasteiger partial charge in [0.2, 0.25) is 0 Å². The first-order valence-corrected chi connectivity index (χ1v) is 10.7. The molecule has 4 aromatic carbocycles. The van der Waals surface area contributed by atoms with Gasteiger partial charge in [0.15, 0.2) is 0 Å². The molecule has 6 heteroatoms. The first-order valence-electron chi connectivity index (χ1n) is 10.7. The second kappa shape index (κ2) is 8.41. The van der Waals surface area contributed by atoms with Crippen molar-refractivity contribution in [2.75, 3.05) is 0 Å². The van der Waals surface area contributed by atoms with Gasteiger partial charge in [0.05, 0.1) is 5.92 Å². The predicted octanol–water partition coefficient (Wildman–Crippen LogP) is 5.65. The van der Waals surface area contributed by atoms with Gasteiger partial charge in [0.1, 0.15) is 40.6 Å². The second-order valence-corrected chi connectivity index (χ2v) is 8.30. The lowest BCUT2D eigenvalue weighted by Crippen LogP contribution is -2.11. The van der Waals surface area contributed by atoms with Gasteiger partial charge >= 0.3 is 0 Å². The number of rotatable bonds is 4. The van der Waals surface area contributed by atoms with Crippen molar-refractivity contribution in [1.82, 2.24) is 0 Å². The topological polar surface area (TPSA) is 110 Å². The number of aromatic hydroxyl groups is 5. The third kappa shape index (κ3) is 4.21. The SMILES string of the molecule is Oc1ccc([C@@H]2Oc3ccc(/C=C/c4cc(O)cc(O)c4)cc3[C@H]2c2cc(O)cc(O)c2)cc1. The summed E-state index contributed by atoms with van der Waals surface area (Å²) in [4.78, 5) is 0. The highest BCUT2D eigenvalue weighted by atomic mass is 16.5. The van der Waals surface area contributed by atoms with Gasteiger partial charge in [-0.15, -0.1) is 0 Å². The molecular weight excluding hydrogens is 432 g/mol. The highest BCUT2D eigenvalue weighted by Crippen LogP contribution is 2.51. The van der Waals surface area contributed by atoms with Crippen molar-refractivity contribution in [2.24, 2.45) is 0 Å². The van der Waals surface area contributed by atoms with Crippen LogP contribution in [-0.4, -0.2) is 25.5 Å². The van der Waals surface area contributed by atoms with Crippen molar-refractivity contribution < 1.29 is 30.3 Å². The fourth-order valence-corrected chi connectivity index (χ4v) is 4.37. The summed E-state index contributed by atoms with van der Waals surface area (Å²) in [6, 6.07) is 21.4. The van der Waals surface area contributed by atoms with Crippen molar-refractivity contribution in [1.29, 1.82) is 0 Å². The number of fused-ring (bicyclic) bond motifs is 1. The van der Waals surface area contributed by atoms with E-state index in [1.54, 1.807) is 54.6 Å². The molecule has 0 bridgehead atoms. The highest BCUT2D eigenvalue weighted by molar-refractivity contribution is 5.72. The smallest absolute Gasteiger partial charge is 0.135 e. The van der Waals surface area contributed by atoms with Gasteiger partial charge in [-0.3, -0.25) is 0 Å². The van der Waals surface area contributed by atoms with Gasteiger partial charge in [-0.2, -0.15) is 0 Å². The molecule has 2 atom stereocenters. The molecule has 0 aliphatic carbocycles. The minimum Gasteiger partial charge on any atom is -0.508 e. The van der Waals surface area contributed by atoms with E-state index in [0.717, 1.165) is 16.7 Å². The Labute approximate surface area is 195 Å². The number of hydrogen-bond acceptors (Lipinski definition) is 6. The van der Waals surface area contributed by atoms with Crippen LogP contribution in [0.1, 0.15) is 39.8 Å². The summed E-state index contributed by atoms with van der Waals surface area (Å²) in [5, 5.41) is 49.4. The van der Waals surface area contributed by atoms with Crippen LogP contribution in [0, 0.1) is 0 Å². The average Bonchev–Trinajstić information content (AvgIpc) is 3.15. The van der Waals surface area contributed by atoms with Crippen LogP contribution in [0.2, 0.25) is 0 Å². The van der Waals surface area contributed by atoms with E-state index in [-0.39, 0.29) is 34.7 Å². The Kier molecular flexibility index (Phi) is 5.26. The Morgan fingerprint density at radius 1 is 0.529 bits per heavy atom. The van der Waals surface area contributed by atoms with E-state index in [1.165, 1.54) is 12.1 Å². The summed E-state index contributed by atoms with van der Waals surface area (Å²) in [5.41, 5.74) is 3.92. The van der Waals surface area contributed by atoms with Crippen LogP contribution in [0.4, 0.5) is 0 Å². The van der Waals surface area contributed by atoms with Crippen LogP contribution in [0.15, 0.2) is 78.9 Å². The number of benzene rings is 4. The van der Waals surface area contributed by atoms with Crippen LogP contribution in [0.3, 0.4) is 0 Å². The minimum absolute atomic E-state index is 0.0255. The summed E-state index contributed by atoms with van der Waals surface area (Å²) in [6.07, 6.45) is 3.21. The lowest BCUT2D eigenvalue weighted by Gasteiger charge is -2.20. The lowest BCUT2D eigenvalue weighted by molar-refractivity contribution is 0.222. The largest absolute Gasteiger partial charge is 0.508 e. The maximum atomic E-state index is 10.1. The molecule has 34 heavy (non-hydrogen) atoms. The van der Waals surface area contributed by atoms with E-state index in [1.807, 2.05) is 24.3 Å². The summed E-state index contributed by atoms with van der Waals surface area (Å²) >= 11 is 0. The maximum absolute atomic E-state index is 10.1. The van der Waals surface area contributed by atoms with E-state index in [0.29, 0.717) is 16.9 Å². The second-order valence-electron chi connectivity index (χ2n) is 8.30. The number of phenolic OH excluding ortho intramolecular Hbond substituents is 5. The molecule has 0 fully saturated rings. The van der Waals surface area contributed by atoms with Crippen molar-refractivity contribution in [3.05, 3.63) is 107 Å². The fraction of sp³-hybridized carbons (Fsp3) is 0.0714. The molecule has 170 valence electrons. The van der Waals surface area contributed by atoms with Gasteiger partial charge < -0.3 is 30.3 Å². The Hall–Kier alpha value is -4.58. The zero-order valence-electron chi connectivity index (χ0n) is 18.0. The molecule has 0 radical (unpaired) electrons. The zero-order chi connectivity index (χ0) is 23.8. The molecule has 5 N–H and O–H groups in total. The van der Waals surface area contributed by atoms with Crippen LogP contribution >= 0.6 is 0 Å². The van der Waals surface area contributed by atoms with E-state index < -0.39 is 6.10 Å². The summed E-state index contributed by atoms with van der Waals surface area (Å²) in [7, 11) is 0. The standard InChI is InChI=1S/C28H22O6/c29-20-6-4-18(5-7-20)28-27(19-12-23(32)15-24(33)13-19)25-11-16(3-8-26(25)34-28)1-2-17-9-21(30)14-22(31)10-17/h1-15,27-33H/b2-1+/t27-,28+/m1/s1. The van der Waals surface area contributed by atoms with Gasteiger partial charge in [-0.05, 0) is 70.8 Å². The van der Waals surface area contributed by atoms with Crippen molar-refractivity contribution >= 4 is 12.2 Å². The van der Waals surface area contributed by atoms with E-state index in [9.17, 15) is 25.5 Å². The number of hydrogen-bond donors (Lipinski definition) is 5. The molecule has 0 aromatic heterocycles. The van der Waals surface area contributed by atoms with Crippen LogP contribution in [0.25, 0.3) is 12.2 Å². The third-order valence-electron chi connectivity index (χ3n) is 5.82. The molecule has 5 rings (SSSR count). The van der Waals surface area contributed by atoms with Gasteiger partial charge in [-0.25, -0.2) is 0 Å². The van der Waals surface area contributed by atoms with E-state index >= 15 is 0 Å². The Morgan fingerprint density at radius 2 is 1.12 bits per heavy atom. The third-order valence-corrected chi connectivity index (χ3v) is 5.82. The van der Waals surface area contributed by atoms with E-state index in [2.05, 4.69) is 0 Å². The first-order chi connectivity index (χ1) is 16.4. The summed E-state index contributed by atoms with van der Waals surface area (Å²) < 4.78 is 6.29. The Bertz CT molecular complexity index is 1350. The molecule has 1 heterocycles. The van der Waals surface area contributed by atoms with E-state index in [4.69, 9.17) is 4.74 Å². The molecule has 6 nitrogen and oxygen atoms in total. The predicted molar refractivity (Wildman–Crippen MR) is 128 cm³/mol. The zero-order valence-corrected chi connectivity index (χ0v) is 18.0. The Balaban J connectivity index is 1.57. The molecule has 1 aliphatic heterocycles. The minimum atomic E-state index is -0.431. The van der Waals surface area contributed by atoms with Crippen LogP contribution in [0.5, 0.6) is 34.5 Å². The van der Waals surface area contributed by atoms with Gasteiger partial charge in [0.25, 0.3) is 0 Å². The van der Waals surface area contributed by atoms with Gasteiger partial charge in [-0.1, -0.05) is 30.4 Å². The number of phenols is 5. The normalized spacial score (nSPS) is 16.9. The quantitative estimate of drug-likeness (QED) is 0.255. The van der Waals surface area contributed by atoms with Crippen molar-refractivity contribution in [3.8, 4) is 34.5 Å². The first kappa shape index (κ1) is 21.3. The molecule has 4 aromatic rings. The molecule has 0 saturated heterocycles. The molecule has 0 spiro atoms. The molecular formula is C28H22O6. The van der Waals surface area contributed by atoms with Crippen molar-refractivity contribution in [3.63, 3.8) is 0 Å². The van der Waals surface area contributed by atoms with Crippen molar-refractivity contribution in [2.45, 2.75) is 12.0 Å². The average molecular weight is 454 g/mol. The number of ether oxygens (including phenoxy) is 1. The highest BCUT2D eigenvalue weighted by Gasteiger charge is 2.37.